The summed E-state index contributed by atoms with van der Waals surface area (Å²) in [5.41, 5.74) is 0.00263. The van der Waals surface area contributed by atoms with Crippen LogP contribution in [0.4, 0.5) is 10.5 Å². The third kappa shape index (κ3) is 4.55. The molecule has 2 rings (SSSR count). The lowest BCUT2D eigenvalue weighted by atomic mass is 10.2. The van der Waals surface area contributed by atoms with Crippen LogP contribution in [0.1, 0.15) is 6.92 Å². The summed E-state index contributed by atoms with van der Waals surface area (Å²) >= 11 is 3.26. The van der Waals surface area contributed by atoms with Crippen molar-refractivity contribution in [1.82, 2.24) is 9.80 Å². The number of hydrogen-bond donors (Lipinski definition) is 1. The van der Waals surface area contributed by atoms with Gasteiger partial charge in [0.2, 0.25) is 0 Å². The summed E-state index contributed by atoms with van der Waals surface area (Å²) < 4.78 is 6.18. The van der Waals surface area contributed by atoms with Crippen LogP contribution in [-0.4, -0.2) is 64.8 Å². The molecule has 126 valence electrons. The van der Waals surface area contributed by atoms with E-state index in [0.29, 0.717) is 43.0 Å². The number of hydrogen-bond acceptors (Lipinski definition) is 5. The van der Waals surface area contributed by atoms with Gasteiger partial charge >= 0.3 is 6.09 Å². The van der Waals surface area contributed by atoms with Gasteiger partial charge in [-0.05, 0) is 28.9 Å². The molecule has 0 saturated carbocycles. The topological polar surface area (TPSA) is 96.2 Å². The fourth-order valence-corrected chi connectivity index (χ4v) is 3.01. The maximum atomic E-state index is 11.0. The maximum Gasteiger partial charge on any atom is 0.407 e. The Morgan fingerprint density at radius 2 is 2.26 bits per heavy atom. The van der Waals surface area contributed by atoms with Crippen LogP contribution in [0, 0.1) is 10.1 Å². The molecule has 0 spiro atoms. The standard InChI is InChI=1S/C14H18BrN3O5/c1-10-9-16(4-5-17(10)14(19)20)6-7-23-13-3-2-11(18(21)22)8-12(13)15/h2-3,8,10H,4-7,9H2,1H3,(H,19,20)/t10-/m0/s1. The summed E-state index contributed by atoms with van der Waals surface area (Å²) in [6.45, 7) is 4.79. The lowest BCUT2D eigenvalue weighted by Gasteiger charge is -2.38. The van der Waals surface area contributed by atoms with Crippen molar-refractivity contribution in [3.63, 3.8) is 0 Å². The Morgan fingerprint density at radius 1 is 1.52 bits per heavy atom. The highest BCUT2D eigenvalue weighted by Crippen LogP contribution is 2.29. The molecule has 1 aromatic carbocycles. The fourth-order valence-electron chi connectivity index (χ4n) is 2.53. The van der Waals surface area contributed by atoms with Crippen LogP contribution in [0.5, 0.6) is 5.75 Å². The number of halogens is 1. The molecule has 0 unspecified atom stereocenters. The average molecular weight is 388 g/mol. The summed E-state index contributed by atoms with van der Waals surface area (Å²) in [7, 11) is 0. The minimum atomic E-state index is -0.886. The molecule has 0 bridgehead atoms. The average Bonchev–Trinajstić information content (AvgIpc) is 2.48. The molecule has 8 nitrogen and oxygen atoms in total. The summed E-state index contributed by atoms with van der Waals surface area (Å²) in [5, 5.41) is 19.7. The van der Waals surface area contributed by atoms with E-state index in [1.54, 1.807) is 6.07 Å². The van der Waals surface area contributed by atoms with E-state index >= 15 is 0 Å². The molecule has 0 radical (unpaired) electrons. The van der Waals surface area contributed by atoms with E-state index < -0.39 is 11.0 Å². The molecule has 0 aliphatic carbocycles. The van der Waals surface area contributed by atoms with E-state index in [0.717, 1.165) is 0 Å². The van der Waals surface area contributed by atoms with Crippen molar-refractivity contribution in [2.75, 3.05) is 32.8 Å². The van der Waals surface area contributed by atoms with Crippen LogP contribution >= 0.6 is 15.9 Å². The SMILES string of the molecule is C[C@H]1CN(CCOc2ccc([N+](=O)[O-])cc2Br)CCN1C(=O)O. The number of nitrogens with zero attached hydrogens (tertiary/aromatic N) is 3. The van der Waals surface area contributed by atoms with Crippen molar-refractivity contribution < 1.29 is 19.6 Å². The molecule has 1 aromatic rings. The van der Waals surface area contributed by atoms with Gasteiger partial charge in [0.25, 0.3) is 5.69 Å². The molecule has 1 fully saturated rings. The predicted molar refractivity (Wildman–Crippen MR) is 86.9 cm³/mol. The van der Waals surface area contributed by atoms with Crippen LogP contribution in [0.15, 0.2) is 22.7 Å². The summed E-state index contributed by atoms with van der Waals surface area (Å²) in [4.78, 5) is 24.8. The van der Waals surface area contributed by atoms with Gasteiger partial charge in [-0.1, -0.05) is 0 Å². The minimum Gasteiger partial charge on any atom is -0.491 e. The molecule has 23 heavy (non-hydrogen) atoms. The smallest absolute Gasteiger partial charge is 0.407 e. The van der Waals surface area contributed by atoms with Crippen molar-refractivity contribution in [3.8, 4) is 5.75 Å². The Morgan fingerprint density at radius 3 is 2.83 bits per heavy atom. The monoisotopic (exact) mass is 387 g/mol. The number of carboxylic acid groups (broad SMARTS) is 1. The lowest BCUT2D eigenvalue weighted by Crippen LogP contribution is -2.54. The Balaban J connectivity index is 1.82. The highest BCUT2D eigenvalue weighted by molar-refractivity contribution is 9.10. The van der Waals surface area contributed by atoms with E-state index in [1.807, 2.05) is 6.92 Å². The van der Waals surface area contributed by atoms with E-state index in [4.69, 9.17) is 9.84 Å². The molecule has 1 atom stereocenters. The molecule has 9 heteroatoms. The third-order valence-electron chi connectivity index (χ3n) is 3.75. The van der Waals surface area contributed by atoms with E-state index in [-0.39, 0.29) is 11.7 Å². The van der Waals surface area contributed by atoms with Gasteiger partial charge in [0.1, 0.15) is 12.4 Å². The highest BCUT2D eigenvalue weighted by Gasteiger charge is 2.26. The second-order valence-electron chi connectivity index (χ2n) is 5.35. The van der Waals surface area contributed by atoms with Gasteiger partial charge in [-0.25, -0.2) is 4.79 Å². The fraction of sp³-hybridized carbons (Fsp3) is 0.500. The molecule has 0 aromatic heterocycles. The first-order valence-corrected chi connectivity index (χ1v) is 7.96. The maximum absolute atomic E-state index is 11.0. The van der Waals surface area contributed by atoms with Gasteiger partial charge < -0.3 is 14.7 Å². The van der Waals surface area contributed by atoms with Crippen molar-refractivity contribution >= 4 is 27.7 Å². The summed E-state index contributed by atoms with van der Waals surface area (Å²) in [6, 6.07) is 4.32. The molecule has 1 saturated heterocycles. The van der Waals surface area contributed by atoms with E-state index in [2.05, 4.69) is 20.8 Å². The summed E-state index contributed by atoms with van der Waals surface area (Å²) in [6.07, 6.45) is -0.886. The molecule has 1 amide bonds. The van der Waals surface area contributed by atoms with Crippen LogP contribution < -0.4 is 4.74 Å². The summed E-state index contributed by atoms with van der Waals surface area (Å²) in [5.74, 6) is 0.549. The number of nitro benzene ring substituents is 1. The number of benzene rings is 1. The molecule has 1 heterocycles. The van der Waals surface area contributed by atoms with Crippen LogP contribution in [0.25, 0.3) is 0 Å². The second-order valence-corrected chi connectivity index (χ2v) is 6.20. The first-order chi connectivity index (χ1) is 10.9. The number of rotatable bonds is 5. The molecule has 1 N–H and O–H groups in total. The number of piperazine rings is 1. The molecular formula is C14H18BrN3O5. The normalized spacial score (nSPS) is 18.7. The van der Waals surface area contributed by atoms with E-state index in [1.165, 1.54) is 17.0 Å². The van der Waals surface area contributed by atoms with E-state index in [9.17, 15) is 14.9 Å². The van der Waals surface area contributed by atoms with Crippen molar-refractivity contribution in [2.45, 2.75) is 13.0 Å². The van der Waals surface area contributed by atoms with Crippen molar-refractivity contribution in [3.05, 3.63) is 32.8 Å². The Kier molecular flexibility index (Phi) is 5.78. The lowest BCUT2D eigenvalue weighted by molar-refractivity contribution is -0.385. The second kappa shape index (κ2) is 7.60. The Hall–Kier alpha value is -1.87. The van der Waals surface area contributed by atoms with Crippen LogP contribution in [0.3, 0.4) is 0 Å². The Bertz CT molecular complexity index is 598. The number of ether oxygens (including phenoxy) is 1. The van der Waals surface area contributed by atoms with Crippen LogP contribution in [0.2, 0.25) is 0 Å². The third-order valence-corrected chi connectivity index (χ3v) is 4.37. The van der Waals surface area contributed by atoms with Crippen molar-refractivity contribution in [2.24, 2.45) is 0 Å². The molecule has 1 aliphatic heterocycles. The van der Waals surface area contributed by atoms with Gasteiger partial charge in [0.05, 0.1) is 9.40 Å². The number of carbonyl (C=O) groups is 1. The Labute approximate surface area is 141 Å². The van der Waals surface area contributed by atoms with Gasteiger partial charge in [-0.2, -0.15) is 0 Å². The number of nitro groups is 1. The number of non-ortho nitro benzene ring substituents is 1. The van der Waals surface area contributed by atoms with Gasteiger partial charge in [-0.15, -0.1) is 0 Å². The predicted octanol–water partition coefficient (Wildman–Crippen LogP) is 2.42. The van der Waals surface area contributed by atoms with Gasteiger partial charge in [-0.3, -0.25) is 15.0 Å². The van der Waals surface area contributed by atoms with Crippen LogP contribution in [-0.2, 0) is 0 Å². The largest absolute Gasteiger partial charge is 0.491 e. The first kappa shape index (κ1) is 17.5. The zero-order valence-electron chi connectivity index (χ0n) is 12.6. The van der Waals surface area contributed by atoms with Crippen molar-refractivity contribution in [1.29, 1.82) is 0 Å². The first-order valence-electron chi connectivity index (χ1n) is 7.17. The minimum absolute atomic E-state index is 0.00263. The van der Waals surface area contributed by atoms with Gasteiger partial charge in [0, 0.05) is 44.4 Å². The van der Waals surface area contributed by atoms with Gasteiger partial charge in [0.15, 0.2) is 0 Å². The molecule has 1 aliphatic rings. The highest BCUT2D eigenvalue weighted by atomic mass is 79.9. The quantitative estimate of drug-likeness (QED) is 0.615. The molecular weight excluding hydrogens is 370 g/mol. The zero-order chi connectivity index (χ0) is 17.0. The number of amides is 1. The zero-order valence-corrected chi connectivity index (χ0v) is 14.2.